The van der Waals surface area contributed by atoms with E-state index >= 15 is 0 Å². The van der Waals surface area contributed by atoms with Crippen molar-refractivity contribution in [3.63, 3.8) is 0 Å². The Labute approximate surface area is 175 Å². The van der Waals surface area contributed by atoms with Crippen LogP contribution in [0, 0.1) is 10.1 Å². The highest BCUT2D eigenvalue weighted by Gasteiger charge is 2.16. The average Bonchev–Trinajstić information content (AvgIpc) is 3.16. The zero-order valence-electron chi connectivity index (χ0n) is 15.0. The summed E-state index contributed by atoms with van der Waals surface area (Å²) >= 11 is 11.9. The van der Waals surface area contributed by atoms with Crippen molar-refractivity contribution in [3.8, 4) is 11.5 Å². The molecule has 0 aliphatic rings. The third-order valence-electron chi connectivity index (χ3n) is 3.74. The number of carbonyl (C=O) groups excluding carboxylic acids is 1. The summed E-state index contributed by atoms with van der Waals surface area (Å²) in [5, 5.41) is 14.4. The van der Waals surface area contributed by atoms with Crippen LogP contribution in [0.5, 0.6) is 11.5 Å². The summed E-state index contributed by atoms with van der Waals surface area (Å²) in [4.78, 5) is 22.8. The van der Waals surface area contributed by atoms with Crippen LogP contribution >= 0.6 is 23.2 Å². The molecule has 150 valence electrons. The summed E-state index contributed by atoms with van der Waals surface area (Å²) in [6.07, 6.45) is 0. The minimum atomic E-state index is -0.581. The third-order valence-corrected chi connectivity index (χ3v) is 4.28. The molecule has 0 aliphatic carbocycles. The minimum Gasteiger partial charge on any atom is -0.496 e. The first-order valence-electron chi connectivity index (χ1n) is 8.17. The molecule has 0 saturated carbocycles. The maximum absolute atomic E-state index is 12.4. The topological polar surface area (TPSA) is 104 Å². The van der Waals surface area contributed by atoms with E-state index in [1.54, 1.807) is 24.3 Å². The van der Waals surface area contributed by atoms with Gasteiger partial charge in [0.05, 0.1) is 28.8 Å². The second kappa shape index (κ2) is 8.85. The van der Waals surface area contributed by atoms with E-state index in [0.29, 0.717) is 21.6 Å². The van der Waals surface area contributed by atoms with Crippen LogP contribution in [0.25, 0.3) is 0 Å². The van der Waals surface area contributed by atoms with Gasteiger partial charge in [0.15, 0.2) is 5.76 Å². The fraction of sp³-hybridized carbons (Fsp3) is 0.105. The van der Waals surface area contributed by atoms with Crippen LogP contribution in [-0.4, -0.2) is 17.9 Å². The average molecular weight is 437 g/mol. The summed E-state index contributed by atoms with van der Waals surface area (Å²) in [6, 6.07) is 11.8. The molecule has 0 atom stereocenters. The lowest BCUT2D eigenvalue weighted by Gasteiger charge is -2.07. The van der Waals surface area contributed by atoms with E-state index in [1.165, 1.54) is 31.4 Å². The fourth-order valence-corrected chi connectivity index (χ4v) is 2.85. The van der Waals surface area contributed by atoms with E-state index in [4.69, 9.17) is 37.1 Å². The van der Waals surface area contributed by atoms with Gasteiger partial charge in [0.25, 0.3) is 11.6 Å². The van der Waals surface area contributed by atoms with Gasteiger partial charge in [-0.05, 0) is 30.3 Å². The number of methoxy groups -OCH3 is 1. The zero-order valence-corrected chi connectivity index (χ0v) is 16.5. The molecule has 3 rings (SSSR count). The highest BCUT2D eigenvalue weighted by atomic mass is 35.5. The lowest BCUT2D eigenvalue weighted by atomic mass is 10.2. The molecule has 3 aromatic rings. The molecule has 29 heavy (non-hydrogen) atoms. The summed E-state index contributed by atoms with van der Waals surface area (Å²) < 4.78 is 16.0. The van der Waals surface area contributed by atoms with Gasteiger partial charge < -0.3 is 19.2 Å². The molecule has 1 aromatic heterocycles. The predicted octanol–water partition coefficient (Wildman–Crippen LogP) is 5.33. The van der Waals surface area contributed by atoms with Crippen molar-refractivity contribution in [1.29, 1.82) is 0 Å². The second-order valence-corrected chi connectivity index (χ2v) is 6.60. The molecule has 0 fully saturated rings. The predicted molar refractivity (Wildman–Crippen MR) is 107 cm³/mol. The number of nitrogens with one attached hydrogen (secondary N) is 1. The van der Waals surface area contributed by atoms with Gasteiger partial charge in [0, 0.05) is 17.2 Å². The number of rotatable bonds is 7. The standard InChI is InChI=1S/C19H14Cl2N2O6/c1-27-15-8-12(7-13(9-15)23(25)26)22-19(24)18-5-3-14(29-18)10-28-17-4-2-11(20)6-16(17)21/h2-9H,10H2,1H3,(H,22,24). The molecular weight excluding hydrogens is 423 g/mol. The maximum Gasteiger partial charge on any atom is 0.291 e. The Bertz CT molecular complexity index is 1070. The van der Waals surface area contributed by atoms with Crippen molar-refractivity contribution in [1.82, 2.24) is 0 Å². The molecule has 0 spiro atoms. The van der Waals surface area contributed by atoms with Gasteiger partial charge in [0.2, 0.25) is 0 Å². The third kappa shape index (κ3) is 5.18. The van der Waals surface area contributed by atoms with Crippen molar-refractivity contribution < 1.29 is 23.6 Å². The number of non-ortho nitro benzene ring substituents is 1. The molecule has 1 amide bonds. The number of benzene rings is 2. The maximum atomic E-state index is 12.4. The molecule has 10 heteroatoms. The van der Waals surface area contributed by atoms with Crippen LogP contribution in [0.1, 0.15) is 16.3 Å². The van der Waals surface area contributed by atoms with Gasteiger partial charge >= 0.3 is 0 Å². The normalized spacial score (nSPS) is 10.4. The first-order chi connectivity index (χ1) is 13.9. The van der Waals surface area contributed by atoms with Crippen LogP contribution in [0.15, 0.2) is 52.9 Å². The minimum absolute atomic E-state index is 0.0104. The van der Waals surface area contributed by atoms with Crippen LogP contribution in [0.2, 0.25) is 10.0 Å². The number of nitrogens with zero attached hydrogens (tertiary/aromatic N) is 1. The Morgan fingerprint density at radius 1 is 1.17 bits per heavy atom. The second-order valence-electron chi connectivity index (χ2n) is 5.76. The molecule has 0 saturated heterocycles. The number of nitro benzene ring substituents is 1. The van der Waals surface area contributed by atoms with Gasteiger partial charge in [-0.1, -0.05) is 23.2 Å². The Morgan fingerprint density at radius 3 is 2.66 bits per heavy atom. The van der Waals surface area contributed by atoms with Gasteiger partial charge in [-0.3, -0.25) is 14.9 Å². The van der Waals surface area contributed by atoms with Gasteiger partial charge in [0.1, 0.15) is 23.9 Å². The van der Waals surface area contributed by atoms with E-state index < -0.39 is 10.8 Å². The summed E-state index contributed by atoms with van der Waals surface area (Å²) in [6.45, 7) is 0.0409. The Morgan fingerprint density at radius 2 is 1.97 bits per heavy atom. The van der Waals surface area contributed by atoms with Crippen molar-refractivity contribution >= 4 is 40.5 Å². The Hall–Kier alpha value is -3.23. The molecule has 0 radical (unpaired) electrons. The molecule has 2 aromatic carbocycles. The number of nitro groups is 1. The highest BCUT2D eigenvalue weighted by Crippen LogP contribution is 2.29. The van der Waals surface area contributed by atoms with E-state index in [2.05, 4.69) is 5.32 Å². The fourth-order valence-electron chi connectivity index (χ4n) is 2.39. The van der Waals surface area contributed by atoms with E-state index in [-0.39, 0.29) is 29.5 Å². The van der Waals surface area contributed by atoms with E-state index in [1.807, 2.05) is 0 Å². The zero-order chi connectivity index (χ0) is 21.0. The first-order valence-corrected chi connectivity index (χ1v) is 8.92. The van der Waals surface area contributed by atoms with Gasteiger partial charge in [-0.2, -0.15) is 0 Å². The molecular formula is C19H14Cl2N2O6. The summed E-state index contributed by atoms with van der Waals surface area (Å²) in [5.74, 6) is 0.474. The number of halogens is 2. The quantitative estimate of drug-likeness (QED) is 0.396. The van der Waals surface area contributed by atoms with Crippen molar-refractivity contribution in [2.24, 2.45) is 0 Å². The monoisotopic (exact) mass is 436 g/mol. The number of carbonyl (C=O) groups is 1. The van der Waals surface area contributed by atoms with E-state index in [0.717, 1.165) is 0 Å². The first kappa shape index (κ1) is 20.5. The highest BCUT2D eigenvalue weighted by molar-refractivity contribution is 6.35. The van der Waals surface area contributed by atoms with Crippen LogP contribution in [-0.2, 0) is 6.61 Å². The number of furan rings is 1. The van der Waals surface area contributed by atoms with Gasteiger partial charge in [-0.15, -0.1) is 0 Å². The summed E-state index contributed by atoms with van der Waals surface area (Å²) in [7, 11) is 1.37. The van der Waals surface area contributed by atoms with Crippen LogP contribution in [0.4, 0.5) is 11.4 Å². The van der Waals surface area contributed by atoms with Crippen LogP contribution in [0.3, 0.4) is 0 Å². The Kier molecular flexibility index (Phi) is 6.26. The van der Waals surface area contributed by atoms with E-state index in [9.17, 15) is 14.9 Å². The number of anilines is 1. The molecule has 1 heterocycles. The van der Waals surface area contributed by atoms with Crippen LogP contribution < -0.4 is 14.8 Å². The van der Waals surface area contributed by atoms with Crippen molar-refractivity contribution in [3.05, 3.63) is 80.2 Å². The molecule has 1 N–H and O–H groups in total. The number of hydrogen-bond acceptors (Lipinski definition) is 6. The molecule has 0 bridgehead atoms. The smallest absolute Gasteiger partial charge is 0.291 e. The van der Waals surface area contributed by atoms with Crippen molar-refractivity contribution in [2.75, 3.05) is 12.4 Å². The summed E-state index contributed by atoms with van der Waals surface area (Å²) in [5.41, 5.74) is -0.0174. The number of ether oxygens (including phenoxy) is 2. The largest absolute Gasteiger partial charge is 0.496 e. The number of hydrogen-bond donors (Lipinski definition) is 1. The van der Waals surface area contributed by atoms with Gasteiger partial charge in [-0.25, -0.2) is 0 Å². The Balaban J connectivity index is 1.68. The lowest BCUT2D eigenvalue weighted by Crippen LogP contribution is -2.11. The van der Waals surface area contributed by atoms with Crippen molar-refractivity contribution in [2.45, 2.75) is 6.61 Å². The molecule has 0 aliphatic heterocycles. The lowest BCUT2D eigenvalue weighted by molar-refractivity contribution is -0.384. The molecule has 0 unspecified atom stereocenters. The molecule has 8 nitrogen and oxygen atoms in total. The number of amides is 1. The SMILES string of the molecule is COc1cc(NC(=O)c2ccc(COc3ccc(Cl)cc3Cl)o2)cc([N+](=O)[O-])c1.